The van der Waals surface area contributed by atoms with Crippen molar-refractivity contribution in [1.82, 2.24) is 14.5 Å². The maximum atomic E-state index is 12.1. The first-order valence-electron chi connectivity index (χ1n) is 5.93. The summed E-state index contributed by atoms with van der Waals surface area (Å²) >= 11 is 0. The first-order valence-corrected chi connectivity index (χ1v) is 5.93. The Hall–Kier alpha value is -3.03. The van der Waals surface area contributed by atoms with E-state index >= 15 is 0 Å². The molecule has 2 rings (SSSR count). The van der Waals surface area contributed by atoms with Crippen LogP contribution in [0, 0.1) is 0 Å². The lowest BCUT2D eigenvalue weighted by Crippen LogP contribution is -2.19. The molecule has 0 atom stereocenters. The third-order valence-electron chi connectivity index (χ3n) is 2.78. The second-order valence-corrected chi connectivity index (χ2v) is 4.29. The third kappa shape index (κ3) is 2.94. The Morgan fingerprint density at radius 3 is 2.48 bits per heavy atom. The molecule has 0 saturated heterocycles. The highest BCUT2D eigenvalue weighted by Crippen LogP contribution is 2.13. The van der Waals surface area contributed by atoms with Gasteiger partial charge in [-0.2, -0.15) is 0 Å². The predicted octanol–water partition coefficient (Wildman–Crippen LogP) is 0.968. The van der Waals surface area contributed by atoms with Gasteiger partial charge in [-0.25, -0.2) is 14.8 Å². The van der Waals surface area contributed by atoms with Gasteiger partial charge in [-0.15, -0.1) is 0 Å². The fraction of sp³-hybridized carbons (Fsp3) is 0.154. The molecule has 2 aromatic rings. The molecule has 21 heavy (non-hydrogen) atoms. The van der Waals surface area contributed by atoms with E-state index in [9.17, 15) is 14.4 Å². The molecule has 2 heterocycles. The number of hydrogen-bond donors (Lipinski definition) is 2. The molecule has 8 heteroatoms. The summed E-state index contributed by atoms with van der Waals surface area (Å²) in [4.78, 5) is 41.9. The summed E-state index contributed by atoms with van der Waals surface area (Å²) in [5.41, 5.74) is 0.245. The van der Waals surface area contributed by atoms with Crippen LogP contribution in [-0.2, 0) is 7.05 Å². The lowest BCUT2D eigenvalue weighted by Gasteiger charge is -2.06. The number of anilines is 1. The largest absolute Gasteiger partial charge is 0.476 e. The van der Waals surface area contributed by atoms with Crippen LogP contribution in [0.1, 0.15) is 38.3 Å². The van der Waals surface area contributed by atoms with Crippen LogP contribution in [0.25, 0.3) is 0 Å². The first-order chi connectivity index (χ1) is 9.90. The zero-order chi connectivity index (χ0) is 15.6. The molecule has 0 fully saturated rings. The van der Waals surface area contributed by atoms with Crippen molar-refractivity contribution in [1.29, 1.82) is 0 Å². The SMILES string of the molecule is CC(=O)c1cc(C(=O)Nc2nccnc2C(=O)O)n(C)c1. The van der Waals surface area contributed by atoms with Gasteiger partial charge in [0, 0.05) is 31.2 Å². The number of carboxylic acid groups (broad SMARTS) is 1. The van der Waals surface area contributed by atoms with Crippen LogP contribution in [0.15, 0.2) is 24.7 Å². The standard InChI is InChI=1S/C13H12N4O4/c1-7(18)8-5-9(17(2)6-8)12(19)16-11-10(13(20)21)14-3-4-15-11/h3-6H,1-2H3,(H,20,21)(H,15,16,19). The molecule has 0 unspecified atom stereocenters. The van der Waals surface area contributed by atoms with Crippen molar-refractivity contribution in [3.05, 3.63) is 41.6 Å². The zero-order valence-electron chi connectivity index (χ0n) is 11.3. The lowest BCUT2D eigenvalue weighted by molar-refractivity contribution is 0.0691. The molecule has 0 saturated carbocycles. The van der Waals surface area contributed by atoms with Gasteiger partial charge in [0.25, 0.3) is 5.91 Å². The van der Waals surface area contributed by atoms with Crippen LogP contribution in [0.2, 0.25) is 0 Å². The molecule has 2 aromatic heterocycles. The van der Waals surface area contributed by atoms with Crippen molar-refractivity contribution in [3.8, 4) is 0 Å². The Balaban J connectivity index is 2.31. The zero-order valence-corrected chi connectivity index (χ0v) is 11.3. The maximum Gasteiger partial charge on any atom is 0.358 e. The summed E-state index contributed by atoms with van der Waals surface area (Å²) in [7, 11) is 1.61. The molecule has 0 spiro atoms. The molecule has 0 aliphatic rings. The van der Waals surface area contributed by atoms with E-state index in [4.69, 9.17) is 5.11 Å². The van der Waals surface area contributed by atoms with Crippen molar-refractivity contribution in [2.24, 2.45) is 7.05 Å². The number of Topliss-reactive ketones (excluding diaryl/α,β-unsaturated/α-hetero) is 1. The van der Waals surface area contributed by atoms with Crippen molar-refractivity contribution < 1.29 is 19.5 Å². The van der Waals surface area contributed by atoms with Gasteiger partial charge in [0.2, 0.25) is 0 Å². The number of aromatic carboxylic acids is 1. The van der Waals surface area contributed by atoms with E-state index in [0.29, 0.717) is 5.56 Å². The average Bonchev–Trinajstić information content (AvgIpc) is 2.81. The van der Waals surface area contributed by atoms with Gasteiger partial charge in [-0.1, -0.05) is 0 Å². The predicted molar refractivity (Wildman–Crippen MR) is 72.4 cm³/mol. The summed E-state index contributed by atoms with van der Waals surface area (Å²) in [6, 6.07) is 1.43. The highest BCUT2D eigenvalue weighted by molar-refractivity contribution is 6.07. The van der Waals surface area contributed by atoms with E-state index in [2.05, 4.69) is 15.3 Å². The summed E-state index contributed by atoms with van der Waals surface area (Å²) < 4.78 is 1.48. The normalized spacial score (nSPS) is 10.2. The fourth-order valence-electron chi connectivity index (χ4n) is 1.74. The smallest absolute Gasteiger partial charge is 0.358 e. The topological polar surface area (TPSA) is 114 Å². The van der Waals surface area contributed by atoms with Crippen molar-refractivity contribution in [3.63, 3.8) is 0 Å². The van der Waals surface area contributed by atoms with E-state index < -0.39 is 11.9 Å². The van der Waals surface area contributed by atoms with Gasteiger partial charge in [0.05, 0.1) is 0 Å². The number of amides is 1. The van der Waals surface area contributed by atoms with Crippen LogP contribution >= 0.6 is 0 Å². The van der Waals surface area contributed by atoms with Crippen LogP contribution in [0.5, 0.6) is 0 Å². The molecule has 2 N–H and O–H groups in total. The Bertz CT molecular complexity index is 736. The number of nitrogens with zero attached hydrogens (tertiary/aromatic N) is 3. The molecular weight excluding hydrogens is 276 g/mol. The molecule has 108 valence electrons. The molecule has 8 nitrogen and oxygen atoms in total. The molecule has 0 aromatic carbocycles. The minimum Gasteiger partial charge on any atom is -0.476 e. The number of carbonyl (C=O) groups excluding carboxylic acids is 2. The molecule has 0 aliphatic carbocycles. The van der Waals surface area contributed by atoms with Gasteiger partial charge in [0.1, 0.15) is 5.69 Å². The van der Waals surface area contributed by atoms with E-state index in [0.717, 1.165) is 0 Å². The third-order valence-corrected chi connectivity index (χ3v) is 2.78. The van der Waals surface area contributed by atoms with Gasteiger partial charge in [-0.05, 0) is 13.0 Å². The number of carboxylic acids is 1. The molecule has 1 amide bonds. The quantitative estimate of drug-likeness (QED) is 0.810. The van der Waals surface area contributed by atoms with Crippen molar-refractivity contribution in [2.75, 3.05) is 5.32 Å². The average molecular weight is 288 g/mol. The number of carbonyl (C=O) groups is 3. The Labute approximate surface area is 119 Å². The number of ketones is 1. The van der Waals surface area contributed by atoms with Crippen LogP contribution in [0.3, 0.4) is 0 Å². The van der Waals surface area contributed by atoms with E-state index in [1.54, 1.807) is 7.05 Å². The first kappa shape index (κ1) is 14.4. The van der Waals surface area contributed by atoms with E-state index in [1.165, 1.54) is 36.1 Å². The number of nitrogens with one attached hydrogen (secondary N) is 1. The van der Waals surface area contributed by atoms with Crippen LogP contribution in [-0.4, -0.2) is 37.3 Å². The minimum absolute atomic E-state index is 0.152. The van der Waals surface area contributed by atoms with Gasteiger partial charge >= 0.3 is 5.97 Å². The molecule has 0 aliphatic heterocycles. The Morgan fingerprint density at radius 2 is 1.90 bits per heavy atom. The monoisotopic (exact) mass is 288 g/mol. The fourth-order valence-corrected chi connectivity index (χ4v) is 1.74. The maximum absolute atomic E-state index is 12.1. The van der Waals surface area contributed by atoms with Crippen molar-refractivity contribution >= 4 is 23.5 Å². The van der Waals surface area contributed by atoms with Crippen molar-refractivity contribution in [2.45, 2.75) is 6.92 Å². The second-order valence-electron chi connectivity index (χ2n) is 4.29. The molecule has 0 bridgehead atoms. The minimum atomic E-state index is -1.30. The summed E-state index contributed by atoms with van der Waals surface area (Å²) in [6.45, 7) is 1.39. The highest BCUT2D eigenvalue weighted by Gasteiger charge is 2.18. The summed E-state index contributed by atoms with van der Waals surface area (Å²) in [6.07, 6.45) is 4.01. The Morgan fingerprint density at radius 1 is 1.24 bits per heavy atom. The summed E-state index contributed by atoms with van der Waals surface area (Å²) in [5.74, 6) is -2.20. The Kier molecular flexibility index (Phi) is 3.79. The molecule has 0 radical (unpaired) electrons. The van der Waals surface area contributed by atoms with Gasteiger partial charge in [-0.3, -0.25) is 9.59 Å². The highest BCUT2D eigenvalue weighted by atomic mass is 16.4. The van der Waals surface area contributed by atoms with Gasteiger partial charge < -0.3 is 15.0 Å². The molecular formula is C13H12N4O4. The summed E-state index contributed by atoms with van der Waals surface area (Å²) in [5, 5.41) is 11.4. The van der Waals surface area contributed by atoms with E-state index in [-0.39, 0.29) is 23.0 Å². The number of hydrogen-bond acceptors (Lipinski definition) is 5. The van der Waals surface area contributed by atoms with Gasteiger partial charge in [0.15, 0.2) is 17.3 Å². The number of aromatic nitrogens is 3. The van der Waals surface area contributed by atoms with Crippen LogP contribution in [0.4, 0.5) is 5.82 Å². The number of rotatable bonds is 4. The van der Waals surface area contributed by atoms with Crippen LogP contribution < -0.4 is 5.32 Å². The number of aryl methyl sites for hydroxylation is 1. The lowest BCUT2D eigenvalue weighted by atomic mass is 10.2. The second kappa shape index (κ2) is 5.53. The van der Waals surface area contributed by atoms with E-state index in [1.807, 2.05) is 0 Å².